The lowest BCUT2D eigenvalue weighted by atomic mass is 9.77. The first-order chi connectivity index (χ1) is 54.5. The number of alkyl halides is 8. The van der Waals surface area contributed by atoms with Gasteiger partial charge in [0.15, 0.2) is 0 Å². The fourth-order valence-corrected chi connectivity index (χ4v) is 13.6. The number of benzene rings is 2. The van der Waals surface area contributed by atoms with Crippen molar-refractivity contribution < 1.29 is 180 Å². The number of alkyl carbamates (subject to hydrolysis) is 3. The van der Waals surface area contributed by atoms with Crippen LogP contribution in [0.4, 0.5) is 49.5 Å². The number of nitrogens with one attached hydrogen (secondary N) is 3. The third-order valence-electron chi connectivity index (χ3n) is 18.6. The van der Waals surface area contributed by atoms with Crippen molar-refractivity contribution >= 4 is 89.7 Å². The van der Waals surface area contributed by atoms with Gasteiger partial charge in [0, 0.05) is 82.3 Å². The van der Waals surface area contributed by atoms with E-state index in [1.165, 1.54) is 60.9 Å². The number of carboxylic acid groups (broad SMARTS) is 3. The number of hydrogen-bond acceptors (Lipinski definition) is 27. The van der Waals surface area contributed by atoms with Crippen molar-refractivity contribution in [1.82, 2.24) is 16.0 Å². The van der Waals surface area contributed by atoms with Crippen LogP contribution in [-0.2, 0) is 102 Å². The minimum absolute atomic E-state index is 0.00976. The Morgan fingerprint density at radius 3 is 1.13 bits per heavy atom. The summed E-state index contributed by atoms with van der Waals surface area (Å²) in [7, 11) is 7.57. The predicted octanol–water partition coefficient (Wildman–Crippen LogP) is 10.1. The highest BCUT2D eigenvalue weighted by Gasteiger charge is 2.52. The van der Waals surface area contributed by atoms with Gasteiger partial charge < -0.3 is 88.9 Å². The molecule has 118 heavy (non-hydrogen) atoms. The molecule has 6 aliphatic carbocycles. The third-order valence-corrected chi connectivity index (χ3v) is 18.6. The zero-order valence-corrected chi connectivity index (χ0v) is 67.0. The molecule has 6 saturated carbocycles. The van der Waals surface area contributed by atoms with Crippen LogP contribution in [0, 0.1) is 53.3 Å². The van der Waals surface area contributed by atoms with Gasteiger partial charge in [-0.25, -0.2) is 59.1 Å². The van der Waals surface area contributed by atoms with E-state index >= 15 is 0 Å². The van der Waals surface area contributed by atoms with Crippen LogP contribution < -0.4 is 16.0 Å². The quantitative estimate of drug-likeness (QED) is 0.0377. The van der Waals surface area contributed by atoms with E-state index in [0.29, 0.717) is 25.7 Å². The summed E-state index contributed by atoms with van der Waals surface area (Å²) in [5, 5.41) is 51.9. The Morgan fingerprint density at radius 1 is 0.424 bits per heavy atom. The largest absolute Gasteiger partial charge is 0.508 e. The number of carbonyl (C=O) groups is 15. The lowest BCUT2D eigenvalue weighted by molar-refractivity contribution is -0.186. The maximum atomic E-state index is 14.0. The second-order valence-electron chi connectivity index (χ2n) is 31.0. The third kappa shape index (κ3) is 37.0. The van der Waals surface area contributed by atoms with Crippen molar-refractivity contribution in [2.24, 2.45) is 53.3 Å². The summed E-state index contributed by atoms with van der Waals surface area (Å²) in [6, 6.07) is 10.3. The maximum absolute atomic E-state index is 14.0. The fourth-order valence-electron chi connectivity index (χ4n) is 13.6. The highest BCUT2D eigenvalue weighted by molar-refractivity contribution is 5.96. The first-order valence-corrected chi connectivity index (χ1v) is 37.0. The molecule has 2 aromatic rings. The molecule has 0 aromatic heterocycles. The standard InChI is InChI=1S/C19H26F2N2O4.C12H19F2NO4.C10H16O5.C10H14O5.C10H10O5.C8H10F2O4.C8H8F2O3/c1-18(2,3)27-17(25)23-15-9-14(10-19(20,21)11-15)22-16(24)26-12-13-7-5-4-6-8-13;1-11(2,3)19-10(18)15-8-4-7(9(16)17)5-12(13,14)6-8;3*1-14-9(12)6-3-7(10(13)15-2)5-8(11)4-6;9-8(10)2-4(6(11)12)1-5(3-8)7(13)14;9-8(10)2-4-1-5(3-8)7(12)13-6(4)11/h4-8,14-15H,9-12H2,1-3H3,(H,22,24)(H,23,25);7-8H,4-6H2,1-3H3,(H,15,18)(H,16,17);6-8,11H,3-5H2,1-2H3;6-7H,3-5H2,1-2H3;3-5,11H,1-2H3;4-5H,1-3H2,(H,11,12)(H,13,14);4-5H,1-3H2/t14-,15+;7-,8+;6-,7+,8?;6-,7+;;2*4-,5+/m00...../s1. The van der Waals surface area contributed by atoms with Gasteiger partial charge in [0.2, 0.25) is 11.8 Å². The molecule has 1 saturated heterocycles. The Bertz CT molecular complexity index is 3680. The number of aliphatic hydroxyl groups is 1. The van der Waals surface area contributed by atoms with Gasteiger partial charge >= 0.3 is 83.9 Å². The number of rotatable bonds is 14. The highest BCUT2D eigenvalue weighted by atomic mass is 19.3. The number of halogens is 8. The SMILES string of the molecule is CC(C)(C)OC(=O)N[C@@H]1C[C@H](C(=O)O)CC(F)(F)C1.CC(C)(C)OC(=O)N[C@@H]1C[C@H](NC(=O)OCc2ccccc2)CC(F)(F)C1.COC(=O)[C@@H]1CC(=O)C[C@H](C(=O)OC)C1.COC(=O)[C@@H]1CC(O)C[C@H](C(=O)OC)C1.COC(=O)c1cc(O)cc(C(=O)OC)c1.O=C(O)[C@@H]1C[C@H](C(=O)O)CC(F)(F)C1.O=C1OC(=O)[C@H]2C[C@@H]1CC(F)(F)C2. The maximum Gasteiger partial charge on any atom is 0.407 e. The zero-order chi connectivity index (χ0) is 89.8. The molecule has 13 atom stereocenters. The summed E-state index contributed by atoms with van der Waals surface area (Å²) in [4.78, 5) is 168. The van der Waals surface area contributed by atoms with E-state index in [4.69, 9.17) is 29.5 Å². The molecule has 7 fully saturated rings. The monoisotopic (exact) mass is 1700 g/mol. The number of aromatic hydroxyl groups is 1. The van der Waals surface area contributed by atoms with Crippen molar-refractivity contribution in [3.63, 3.8) is 0 Å². The first-order valence-electron chi connectivity index (χ1n) is 37.0. The number of esters is 8. The average Bonchev–Trinajstić information content (AvgIpc) is 0.792. The molecule has 2 aromatic carbocycles. The Labute approximate surface area is 673 Å². The second kappa shape index (κ2) is 45.4. The van der Waals surface area contributed by atoms with Crippen LogP contribution in [0.2, 0.25) is 0 Å². The number of aliphatic carboxylic acids is 3. The fraction of sp³-hybridized carbons (Fsp3) is 0.649. The molecule has 1 unspecified atom stereocenters. The molecular weight excluding hydrogens is 1600 g/mol. The van der Waals surface area contributed by atoms with E-state index in [-0.39, 0.29) is 79.7 Å². The number of aliphatic hydroxyl groups excluding tert-OH is 1. The van der Waals surface area contributed by atoms with E-state index in [0.717, 1.165) is 5.56 Å². The van der Waals surface area contributed by atoms with Gasteiger partial charge in [-0.3, -0.25) is 47.9 Å². The summed E-state index contributed by atoms with van der Waals surface area (Å²) in [6.07, 6.45) is -5.69. The number of ketones is 1. The average molecular weight is 1700 g/mol. The van der Waals surface area contributed by atoms with E-state index in [1.54, 1.807) is 53.7 Å². The zero-order valence-electron chi connectivity index (χ0n) is 67.0. The van der Waals surface area contributed by atoms with Crippen molar-refractivity contribution in [2.45, 2.75) is 223 Å². The lowest BCUT2D eigenvalue weighted by Gasteiger charge is -2.35. The Balaban J connectivity index is 0.000000361. The van der Waals surface area contributed by atoms with Gasteiger partial charge in [0.25, 0.3) is 11.8 Å². The summed E-state index contributed by atoms with van der Waals surface area (Å²) in [5.41, 5.74) is -0.463. The first kappa shape index (κ1) is 102. The second-order valence-corrected chi connectivity index (χ2v) is 31.0. The minimum Gasteiger partial charge on any atom is -0.508 e. The summed E-state index contributed by atoms with van der Waals surface area (Å²) in [5.74, 6) is -27.9. The van der Waals surface area contributed by atoms with Crippen LogP contribution in [0.15, 0.2) is 48.5 Å². The normalized spacial score (nSPS) is 25.4. The Kier molecular flexibility index (Phi) is 39.2. The van der Waals surface area contributed by atoms with E-state index in [9.17, 15) is 117 Å². The molecule has 9 rings (SSSR count). The molecule has 41 heteroatoms. The number of phenols is 1. The van der Waals surface area contributed by atoms with Crippen LogP contribution in [0.5, 0.6) is 5.75 Å². The Morgan fingerprint density at radius 2 is 0.754 bits per heavy atom. The highest BCUT2D eigenvalue weighted by Crippen LogP contribution is 2.45. The van der Waals surface area contributed by atoms with Crippen molar-refractivity contribution in [1.29, 1.82) is 0 Å². The number of phenolic OH excluding ortho intramolecular Hbond substituents is 1. The molecule has 7 aliphatic rings. The lowest BCUT2D eigenvalue weighted by Crippen LogP contribution is -2.52. The molecule has 662 valence electrons. The Hall–Kier alpha value is -10.5. The summed E-state index contributed by atoms with van der Waals surface area (Å²) in [6.45, 7) is 10.1. The topological polar surface area (TPSA) is 486 Å². The molecule has 8 N–H and O–H groups in total. The smallest absolute Gasteiger partial charge is 0.407 e. The van der Waals surface area contributed by atoms with Gasteiger partial charge in [0.05, 0.1) is 113 Å². The van der Waals surface area contributed by atoms with E-state index in [1.807, 2.05) is 18.2 Å². The molecule has 33 nitrogen and oxygen atoms in total. The van der Waals surface area contributed by atoms with E-state index < -0.39 is 236 Å². The van der Waals surface area contributed by atoms with Crippen LogP contribution in [-0.4, -0.2) is 217 Å². The van der Waals surface area contributed by atoms with Crippen LogP contribution in [0.3, 0.4) is 0 Å². The van der Waals surface area contributed by atoms with E-state index in [2.05, 4.69) is 49.1 Å². The van der Waals surface area contributed by atoms with Crippen molar-refractivity contribution in [3.05, 3.63) is 65.2 Å². The minimum atomic E-state index is -3.18. The number of amides is 3. The number of cyclic esters (lactones) is 2. The number of carbonyl (C=O) groups excluding carboxylic acids is 12. The summed E-state index contributed by atoms with van der Waals surface area (Å²) >= 11 is 0. The predicted molar refractivity (Wildman–Crippen MR) is 388 cm³/mol. The molecule has 1 aliphatic heterocycles. The number of methoxy groups -OCH3 is 6. The van der Waals surface area contributed by atoms with Gasteiger partial charge in [-0.05, 0) is 117 Å². The molecular formula is C77H103F8N3O30. The van der Waals surface area contributed by atoms with Crippen LogP contribution >= 0.6 is 0 Å². The number of ether oxygens (including phenoxy) is 10. The van der Waals surface area contributed by atoms with Crippen molar-refractivity contribution in [2.75, 3.05) is 42.7 Å². The van der Waals surface area contributed by atoms with Crippen LogP contribution in [0.1, 0.15) is 183 Å². The molecule has 3 amide bonds. The summed E-state index contributed by atoms with van der Waals surface area (Å²) < 4.78 is 153. The number of Topliss-reactive ketones (excluding diaryl/α,β-unsaturated/α-hetero) is 1. The molecule has 2 bridgehead atoms. The molecule has 0 radical (unpaired) electrons. The van der Waals surface area contributed by atoms with Crippen molar-refractivity contribution in [3.8, 4) is 5.75 Å². The number of hydrogen-bond donors (Lipinski definition) is 8. The van der Waals surface area contributed by atoms with Gasteiger partial charge in [0.1, 0.15) is 29.3 Å². The van der Waals surface area contributed by atoms with Crippen LogP contribution in [0.25, 0.3) is 0 Å². The molecule has 1 heterocycles. The number of carboxylic acids is 3. The van der Waals surface area contributed by atoms with Gasteiger partial charge in [-0.2, -0.15) is 0 Å². The van der Waals surface area contributed by atoms with Gasteiger partial charge in [-0.15, -0.1) is 0 Å². The van der Waals surface area contributed by atoms with Gasteiger partial charge in [-0.1, -0.05) is 30.3 Å². The molecule has 0 spiro atoms. The number of fused-ring (bicyclic) bond motifs is 2.